The van der Waals surface area contributed by atoms with Crippen LogP contribution in [0, 0.1) is 17.8 Å². The summed E-state index contributed by atoms with van der Waals surface area (Å²) in [5.74, 6) is -2.88. The lowest BCUT2D eigenvalue weighted by atomic mass is 9.97. The number of carboxylic acids is 1. The molecule has 0 saturated carbocycles. The third-order valence-corrected chi connectivity index (χ3v) is 5.71. The first-order chi connectivity index (χ1) is 15.3. The van der Waals surface area contributed by atoms with Gasteiger partial charge in [0.15, 0.2) is 0 Å². The quantitative estimate of drug-likeness (QED) is 0.180. The van der Waals surface area contributed by atoms with Crippen molar-refractivity contribution < 1.29 is 24.3 Å². The van der Waals surface area contributed by atoms with E-state index in [0.717, 1.165) is 6.42 Å². The first-order valence-electron chi connectivity index (χ1n) is 11.9. The molecule has 0 spiro atoms. The number of unbranched alkanes of at least 4 members (excludes halogenated alkanes) is 1. The molecule has 0 aliphatic carbocycles. The molecule has 0 rings (SSSR count). The lowest BCUT2D eigenvalue weighted by molar-refractivity contribution is -0.143. The molecule has 33 heavy (non-hydrogen) atoms. The summed E-state index contributed by atoms with van der Waals surface area (Å²) in [5, 5.41) is 17.4. The van der Waals surface area contributed by atoms with E-state index < -0.39 is 47.9 Å². The molecule has 3 amide bonds. The van der Waals surface area contributed by atoms with E-state index in [1.807, 2.05) is 27.7 Å². The predicted octanol–water partition coefficient (Wildman–Crippen LogP) is 0.730. The predicted molar refractivity (Wildman–Crippen MR) is 128 cm³/mol. The van der Waals surface area contributed by atoms with Gasteiger partial charge in [0.1, 0.15) is 18.1 Å². The van der Waals surface area contributed by atoms with Gasteiger partial charge in [-0.1, -0.05) is 48.0 Å². The first kappa shape index (κ1) is 30.8. The third-order valence-electron chi connectivity index (χ3n) is 5.71. The topological polar surface area (TPSA) is 177 Å². The van der Waals surface area contributed by atoms with Crippen LogP contribution in [0.1, 0.15) is 73.6 Å². The number of rotatable bonds is 16. The highest BCUT2D eigenvalue weighted by molar-refractivity contribution is 5.94. The largest absolute Gasteiger partial charge is 0.480 e. The van der Waals surface area contributed by atoms with Crippen LogP contribution in [0.4, 0.5) is 0 Å². The summed E-state index contributed by atoms with van der Waals surface area (Å²) in [6, 6.07) is -3.63. The van der Waals surface area contributed by atoms with Crippen molar-refractivity contribution in [3.63, 3.8) is 0 Å². The molecule has 0 heterocycles. The molecule has 0 aromatic rings. The number of nitrogens with one attached hydrogen (secondary N) is 3. The zero-order valence-electron chi connectivity index (χ0n) is 21.0. The summed E-state index contributed by atoms with van der Waals surface area (Å²) in [6.07, 6.45) is 2.55. The smallest absolute Gasteiger partial charge is 0.326 e. The van der Waals surface area contributed by atoms with Crippen LogP contribution in [0.2, 0.25) is 0 Å². The van der Waals surface area contributed by atoms with E-state index in [0.29, 0.717) is 25.8 Å². The highest BCUT2D eigenvalue weighted by atomic mass is 16.4. The fourth-order valence-electron chi connectivity index (χ4n) is 3.28. The van der Waals surface area contributed by atoms with Crippen molar-refractivity contribution in [1.29, 1.82) is 0 Å². The van der Waals surface area contributed by atoms with Crippen LogP contribution < -0.4 is 27.4 Å². The molecule has 8 N–H and O–H groups in total. The Kier molecular flexibility index (Phi) is 14.6. The maximum Gasteiger partial charge on any atom is 0.326 e. The van der Waals surface area contributed by atoms with Crippen LogP contribution >= 0.6 is 0 Å². The lowest BCUT2D eigenvalue weighted by Crippen LogP contribution is -2.59. The number of amides is 3. The number of carboxylic acid groups (broad SMARTS) is 1. The summed E-state index contributed by atoms with van der Waals surface area (Å²) in [4.78, 5) is 50.0. The highest BCUT2D eigenvalue weighted by Crippen LogP contribution is 2.11. The van der Waals surface area contributed by atoms with E-state index in [1.165, 1.54) is 0 Å². The SMILES string of the molecule is CCC(C)C(N)C(=O)NC(CC(C)C)C(=O)NC(C(=O)NC(CCCCN)C(=O)O)C(C)C. The van der Waals surface area contributed by atoms with Crippen LogP contribution in [0.15, 0.2) is 0 Å². The second kappa shape index (κ2) is 15.6. The molecule has 0 radical (unpaired) electrons. The number of nitrogens with two attached hydrogens (primary N) is 2. The van der Waals surface area contributed by atoms with Crippen LogP contribution in [0.3, 0.4) is 0 Å². The van der Waals surface area contributed by atoms with Gasteiger partial charge in [-0.15, -0.1) is 0 Å². The average Bonchev–Trinajstić information content (AvgIpc) is 2.74. The van der Waals surface area contributed by atoms with Crippen molar-refractivity contribution >= 4 is 23.7 Å². The molecular weight excluding hydrogens is 426 g/mol. The fraction of sp³-hybridized carbons (Fsp3) is 0.826. The minimum Gasteiger partial charge on any atom is -0.480 e. The Morgan fingerprint density at radius 2 is 1.42 bits per heavy atom. The summed E-state index contributed by atoms with van der Waals surface area (Å²) < 4.78 is 0. The molecule has 10 nitrogen and oxygen atoms in total. The number of hydrogen-bond acceptors (Lipinski definition) is 6. The Bertz CT molecular complexity index is 641. The van der Waals surface area contributed by atoms with Gasteiger partial charge in [0.05, 0.1) is 6.04 Å². The number of aliphatic carboxylic acids is 1. The van der Waals surface area contributed by atoms with Gasteiger partial charge in [0.25, 0.3) is 0 Å². The molecule has 0 aliphatic heterocycles. The Labute approximate surface area is 198 Å². The maximum atomic E-state index is 13.0. The molecule has 0 aromatic carbocycles. The summed E-state index contributed by atoms with van der Waals surface area (Å²) in [6.45, 7) is 11.6. The zero-order chi connectivity index (χ0) is 25.7. The monoisotopic (exact) mass is 471 g/mol. The van der Waals surface area contributed by atoms with Gasteiger partial charge < -0.3 is 32.5 Å². The van der Waals surface area contributed by atoms with Crippen molar-refractivity contribution in [3.8, 4) is 0 Å². The number of carbonyl (C=O) groups is 4. The zero-order valence-corrected chi connectivity index (χ0v) is 21.0. The molecule has 5 atom stereocenters. The minimum atomic E-state index is -1.14. The molecular formula is C23H45N5O5. The van der Waals surface area contributed by atoms with Gasteiger partial charge in [-0.05, 0) is 50.0 Å². The summed E-state index contributed by atoms with van der Waals surface area (Å²) in [5.41, 5.74) is 11.5. The molecule has 0 bridgehead atoms. The fourth-order valence-corrected chi connectivity index (χ4v) is 3.28. The van der Waals surface area contributed by atoms with Gasteiger partial charge in [0, 0.05) is 0 Å². The normalized spacial score (nSPS) is 15.9. The molecule has 5 unspecified atom stereocenters. The lowest BCUT2D eigenvalue weighted by Gasteiger charge is -2.28. The summed E-state index contributed by atoms with van der Waals surface area (Å²) in [7, 11) is 0. The second-order valence-electron chi connectivity index (χ2n) is 9.52. The second-order valence-corrected chi connectivity index (χ2v) is 9.52. The van der Waals surface area contributed by atoms with Crippen molar-refractivity contribution in [1.82, 2.24) is 16.0 Å². The molecule has 10 heteroatoms. The molecule has 0 fully saturated rings. The van der Waals surface area contributed by atoms with Crippen LogP contribution in [-0.4, -0.2) is 59.5 Å². The maximum absolute atomic E-state index is 13.0. The Hall–Kier alpha value is -2.20. The van der Waals surface area contributed by atoms with Gasteiger partial charge in [-0.3, -0.25) is 14.4 Å². The Morgan fingerprint density at radius 3 is 1.88 bits per heavy atom. The minimum absolute atomic E-state index is 0.0471. The van der Waals surface area contributed by atoms with E-state index in [9.17, 15) is 24.3 Å². The Balaban J connectivity index is 5.40. The van der Waals surface area contributed by atoms with Crippen molar-refractivity contribution in [3.05, 3.63) is 0 Å². The molecule has 0 saturated heterocycles. The van der Waals surface area contributed by atoms with Crippen LogP contribution in [0.5, 0.6) is 0 Å². The van der Waals surface area contributed by atoms with E-state index in [-0.39, 0.29) is 24.2 Å². The number of hydrogen-bond donors (Lipinski definition) is 6. The van der Waals surface area contributed by atoms with E-state index >= 15 is 0 Å². The van der Waals surface area contributed by atoms with E-state index in [2.05, 4.69) is 16.0 Å². The van der Waals surface area contributed by atoms with Gasteiger partial charge in [-0.25, -0.2) is 4.79 Å². The highest BCUT2D eigenvalue weighted by Gasteiger charge is 2.32. The van der Waals surface area contributed by atoms with E-state index in [4.69, 9.17) is 11.5 Å². The Morgan fingerprint density at radius 1 is 0.848 bits per heavy atom. The molecule has 0 aromatic heterocycles. The standard InChI is InChI=1S/C23H45N5O5/c1-7-15(6)18(25)21(30)27-17(12-13(2)3)20(29)28-19(14(4)5)22(31)26-16(23(32)33)10-8-9-11-24/h13-19H,7-12,24-25H2,1-6H3,(H,26,31)(H,27,30)(H,28,29)(H,32,33). The van der Waals surface area contributed by atoms with Crippen molar-refractivity contribution in [2.75, 3.05) is 6.54 Å². The third kappa shape index (κ3) is 11.5. The van der Waals surface area contributed by atoms with Gasteiger partial charge in [-0.2, -0.15) is 0 Å². The van der Waals surface area contributed by atoms with Gasteiger partial charge in [0.2, 0.25) is 17.7 Å². The van der Waals surface area contributed by atoms with Crippen LogP contribution in [0.25, 0.3) is 0 Å². The summed E-state index contributed by atoms with van der Waals surface area (Å²) >= 11 is 0. The van der Waals surface area contributed by atoms with E-state index in [1.54, 1.807) is 13.8 Å². The van der Waals surface area contributed by atoms with Crippen molar-refractivity contribution in [2.24, 2.45) is 29.2 Å². The van der Waals surface area contributed by atoms with Crippen LogP contribution in [-0.2, 0) is 19.2 Å². The number of carbonyl (C=O) groups excluding carboxylic acids is 3. The van der Waals surface area contributed by atoms with Gasteiger partial charge >= 0.3 is 5.97 Å². The van der Waals surface area contributed by atoms with Crippen molar-refractivity contribution in [2.45, 2.75) is 97.8 Å². The first-order valence-corrected chi connectivity index (χ1v) is 11.9. The average molecular weight is 472 g/mol. The molecule has 0 aliphatic rings. The molecule has 192 valence electrons.